The van der Waals surface area contributed by atoms with Crippen LogP contribution in [0.2, 0.25) is 5.02 Å². The number of benzene rings is 1. The van der Waals surface area contributed by atoms with E-state index in [4.69, 9.17) is 11.6 Å². The third kappa shape index (κ3) is 5.13. The molecule has 2 rings (SSSR count). The van der Waals surface area contributed by atoms with E-state index in [0.29, 0.717) is 6.42 Å². The molecule has 0 bridgehead atoms. The van der Waals surface area contributed by atoms with Gasteiger partial charge in [-0.25, -0.2) is 0 Å². The van der Waals surface area contributed by atoms with Crippen molar-refractivity contribution < 1.29 is 4.79 Å². The Morgan fingerprint density at radius 3 is 2.64 bits per heavy atom. The van der Waals surface area contributed by atoms with Crippen molar-refractivity contribution in [3.05, 3.63) is 34.9 Å². The number of carbonyl (C=O) groups excluding carboxylic acids is 1. The van der Waals surface area contributed by atoms with E-state index >= 15 is 0 Å². The molecule has 1 aromatic carbocycles. The third-order valence-electron chi connectivity index (χ3n) is 4.16. The summed E-state index contributed by atoms with van der Waals surface area (Å²) in [6, 6.07) is 8.09. The second-order valence-electron chi connectivity index (χ2n) is 5.56. The van der Waals surface area contributed by atoms with Gasteiger partial charge >= 0.3 is 0 Å². The number of halogens is 2. The number of carbonyl (C=O) groups is 1. The van der Waals surface area contributed by atoms with Crippen LogP contribution in [0, 0.1) is 0 Å². The number of hydrogen-bond donors (Lipinski definition) is 1. The summed E-state index contributed by atoms with van der Waals surface area (Å²) in [5.41, 5.74) is 1.11. The lowest BCUT2D eigenvalue weighted by atomic mass is 10.1. The van der Waals surface area contributed by atoms with E-state index in [0.717, 1.165) is 43.3 Å². The molecule has 124 valence electrons. The maximum absolute atomic E-state index is 12.2. The van der Waals surface area contributed by atoms with E-state index in [1.54, 1.807) is 0 Å². The van der Waals surface area contributed by atoms with E-state index in [9.17, 15) is 4.79 Å². The average molecular weight is 346 g/mol. The van der Waals surface area contributed by atoms with Crippen LogP contribution in [0.3, 0.4) is 0 Å². The second-order valence-corrected chi connectivity index (χ2v) is 5.97. The zero-order valence-electron chi connectivity index (χ0n) is 13.2. The van der Waals surface area contributed by atoms with E-state index in [1.165, 1.54) is 0 Å². The monoisotopic (exact) mass is 345 g/mol. The van der Waals surface area contributed by atoms with E-state index < -0.39 is 0 Å². The van der Waals surface area contributed by atoms with Gasteiger partial charge in [0, 0.05) is 50.2 Å². The van der Waals surface area contributed by atoms with Gasteiger partial charge in [-0.05, 0) is 25.6 Å². The molecule has 6 heteroatoms. The molecule has 22 heavy (non-hydrogen) atoms. The Labute approximate surface area is 144 Å². The number of nitrogens with one attached hydrogen (secondary N) is 1. The van der Waals surface area contributed by atoms with Crippen molar-refractivity contribution in [2.75, 3.05) is 39.8 Å². The van der Waals surface area contributed by atoms with Crippen LogP contribution >= 0.6 is 24.0 Å². The van der Waals surface area contributed by atoms with E-state index in [-0.39, 0.29) is 24.4 Å². The van der Waals surface area contributed by atoms with Crippen molar-refractivity contribution in [2.24, 2.45) is 0 Å². The predicted octanol–water partition coefficient (Wildman–Crippen LogP) is 2.58. The van der Waals surface area contributed by atoms with Gasteiger partial charge in [-0.15, -0.1) is 12.4 Å². The highest BCUT2D eigenvalue weighted by molar-refractivity contribution is 6.31. The van der Waals surface area contributed by atoms with Crippen molar-refractivity contribution in [3.8, 4) is 0 Å². The molecule has 0 spiro atoms. The first-order valence-corrected chi connectivity index (χ1v) is 7.90. The zero-order chi connectivity index (χ0) is 15.2. The molecule has 0 aromatic heterocycles. The Morgan fingerprint density at radius 1 is 1.36 bits per heavy atom. The largest absolute Gasteiger partial charge is 0.340 e. The molecular weight excluding hydrogens is 321 g/mol. The first kappa shape index (κ1) is 19.2. The molecule has 1 unspecified atom stereocenters. The number of amides is 1. The summed E-state index contributed by atoms with van der Waals surface area (Å²) in [6.07, 6.45) is 0.561. The van der Waals surface area contributed by atoms with Crippen LogP contribution < -0.4 is 5.32 Å². The lowest BCUT2D eigenvalue weighted by Crippen LogP contribution is -2.47. The first-order valence-electron chi connectivity index (χ1n) is 7.52. The van der Waals surface area contributed by atoms with E-state index in [1.807, 2.05) is 36.2 Å². The standard InChI is InChI=1S/C16H24ClN3O.ClH/c1-13(14-5-3-4-6-15(14)17)19(2)10-7-16(21)20-11-8-18-9-12-20;/h3-6,13,18H,7-12H2,1-2H3;1H. The molecule has 0 aliphatic carbocycles. The highest BCUT2D eigenvalue weighted by atomic mass is 35.5. The van der Waals surface area contributed by atoms with Crippen molar-refractivity contribution >= 4 is 29.9 Å². The highest BCUT2D eigenvalue weighted by Crippen LogP contribution is 2.26. The quantitative estimate of drug-likeness (QED) is 0.890. The maximum Gasteiger partial charge on any atom is 0.223 e. The Morgan fingerprint density at radius 2 is 2.00 bits per heavy atom. The zero-order valence-corrected chi connectivity index (χ0v) is 14.8. The topological polar surface area (TPSA) is 35.6 Å². The molecule has 0 radical (unpaired) electrons. The molecule has 1 aliphatic heterocycles. The van der Waals surface area contributed by atoms with Gasteiger partial charge in [0.25, 0.3) is 0 Å². The second kappa shape index (κ2) is 9.36. The number of piperazine rings is 1. The normalized spacial score (nSPS) is 16.3. The minimum absolute atomic E-state index is 0. The molecule has 1 amide bonds. The van der Waals surface area contributed by atoms with Gasteiger partial charge < -0.3 is 10.2 Å². The molecule has 0 saturated carbocycles. The Balaban J connectivity index is 0.00000242. The van der Waals surface area contributed by atoms with Gasteiger partial charge in [-0.2, -0.15) is 0 Å². The minimum Gasteiger partial charge on any atom is -0.340 e. The lowest BCUT2D eigenvalue weighted by Gasteiger charge is -2.30. The fourth-order valence-corrected chi connectivity index (χ4v) is 2.88. The van der Waals surface area contributed by atoms with Gasteiger partial charge in [0.15, 0.2) is 0 Å². The highest BCUT2D eigenvalue weighted by Gasteiger charge is 2.19. The number of rotatable bonds is 5. The molecule has 1 aromatic rings. The van der Waals surface area contributed by atoms with Crippen LogP contribution in [-0.2, 0) is 4.79 Å². The van der Waals surface area contributed by atoms with Crippen LogP contribution in [0.15, 0.2) is 24.3 Å². The average Bonchev–Trinajstić information content (AvgIpc) is 2.53. The predicted molar refractivity (Wildman–Crippen MR) is 93.8 cm³/mol. The SMILES string of the molecule is CC(c1ccccc1Cl)N(C)CCC(=O)N1CCNCC1.Cl. The van der Waals surface area contributed by atoms with Crippen molar-refractivity contribution in [3.63, 3.8) is 0 Å². The summed E-state index contributed by atoms with van der Waals surface area (Å²) in [5.74, 6) is 0.245. The van der Waals surface area contributed by atoms with Crippen LogP contribution in [0.1, 0.15) is 24.9 Å². The lowest BCUT2D eigenvalue weighted by molar-refractivity contribution is -0.132. The molecular formula is C16H25Cl2N3O. The van der Waals surface area contributed by atoms with Crippen molar-refractivity contribution in [2.45, 2.75) is 19.4 Å². The van der Waals surface area contributed by atoms with Gasteiger partial charge in [0.2, 0.25) is 5.91 Å². The summed E-state index contributed by atoms with van der Waals surface area (Å²) in [5, 5.41) is 4.04. The Kier molecular flexibility index (Phi) is 8.18. The van der Waals surface area contributed by atoms with Gasteiger partial charge in [0.1, 0.15) is 0 Å². The van der Waals surface area contributed by atoms with Crippen molar-refractivity contribution in [1.29, 1.82) is 0 Å². The van der Waals surface area contributed by atoms with E-state index in [2.05, 4.69) is 17.1 Å². The Hall–Kier alpha value is -0.810. The number of hydrogen-bond acceptors (Lipinski definition) is 3. The maximum atomic E-state index is 12.2. The fraction of sp³-hybridized carbons (Fsp3) is 0.562. The van der Waals surface area contributed by atoms with Gasteiger partial charge in [0.05, 0.1) is 0 Å². The van der Waals surface area contributed by atoms with Crippen molar-refractivity contribution in [1.82, 2.24) is 15.1 Å². The third-order valence-corrected chi connectivity index (χ3v) is 4.51. The molecule has 1 atom stereocenters. The summed E-state index contributed by atoms with van der Waals surface area (Å²) < 4.78 is 0. The first-order chi connectivity index (χ1) is 10.1. The molecule has 1 fully saturated rings. The summed E-state index contributed by atoms with van der Waals surface area (Å²) in [4.78, 5) is 16.3. The number of nitrogens with zero attached hydrogens (tertiary/aromatic N) is 2. The van der Waals surface area contributed by atoms with Crippen LogP contribution in [0.4, 0.5) is 0 Å². The fourth-order valence-electron chi connectivity index (χ4n) is 2.59. The molecule has 1 N–H and O–H groups in total. The molecule has 1 heterocycles. The minimum atomic E-state index is 0. The molecule has 1 saturated heterocycles. The van der Waals surface area contributed by atoms with Crippen LogP contribution in [0.5, 0.6) is 0 Å². The summed E-state index contributed by atoms with van der Waals surface area (Å²) in [7, 11) is 2.04. The smallest absolute Gasteiger partial charge is 0.223 e. The molecule has 4 nitrogen and oxygen atoms in total. The van der Waals surface area contributed by atoms with Crippen LogP contribution in [0.25, 0.3) is 0 Å². The Bertz CT molecular complexity index is 478. The molecule has 1 aliphatic rings. The van der Waals surface area contributed by atoms with Gasteiger partial charge in [-0.1, -0.05) is 29.8 Å². The summed E-state index contributed by atoms with van der Waals surface area (Å²) >= 11 is 6.24. The van der Waals surface area contributed by atoms with Crippen LogP contribution in [-0.4, -0.2) is 55.5 Å². The summed E-state index contributed by atoms with van der Waals surface area (Å²) in [6.45, 7) is 6.31. The van der Waals surface area contributed by atoms with Gasteiger partial charge in [-0.3, -0.25) is 9.69 Å².